The van der Waals surface area contributed by atoms with Crippen molar-refractivity contribution in [3.05, 3.63) is 71.3 Å². The van der Waals surface area contributed by atoms with Crippen LogP contribution in [0.25, 0.3) is 0 Å². The minimum absolute atomic E-state index is 0. The monoisotopic (exact) mass is 443 g/mol. The van der Waals surface area contributed by atoms with Gasteiger partial charge in [-0.1, -0.05) is 61.7 Å². The Bertz CT molecular complexity index is 820. The zero-order chi connectivity index (χ0) is 21.2. The lowest BCUT2D eigenvalue weighted by atomic mass is 10.0. The summed E-state index contributed by atoms with van der Waals surface area (Å²) in [5.74, 6) is -0.0982. The standard InChI is InChI=1S/C25H33N3O2.ClH/c26-24(27)25(16-17-25)28-23(29)22-14-12-20(13-15-22)9-5-2-1-3-8-18-30-19-21-10-6-4-7-11-21;/h4,6-7,10-15H,1-3,5,8-9,16-19H2,(H3,26,27)(H,28,29);1H. The Hall–Kier alpha value is -2.37. The number of aryl methyl sites for hydroxylation is 1. The molecule has 0 radical (unpaired) electrons. The predicted molar refractivity (Wildman–Crippen MR) is 128 cm³/mol. The number of unbranched alkanes of at least 4 members (excludes halogenated alkanes) is 4. The van der Waals surface area contributed by atoms with Crippen LogP contribution in [0.5, 0.6) is 0 Å². The number of benzene rings is 2. The Morgan fingerprint density at radius 2 is 1.58 bits per heavy atom. The predicted octanol–water partition coefficient (Wildman–Crippen LogP) is 5.02. The molecule has 0 aliphatic heterocycles. The number of amidine groups is 1. The molecule has 1 amide bonds. The lowest BCUT2D eigenvalue weighted by Crippen LogP contribution is -2.46. The van der Waals surface area contributed by atoms with E-state index in [9.17, 15) is 4.79 Å². The van der Waals surface area contributed by atoms with Gasteiger partial charge in [0.25, 0.3) is 5.91 Å². The number of halogens is 1. The highest BCUT2D eigenvalue weighted by molar-refractivity contribution is 6.01. The molecule has 0 unspecified atom stereocenters. The number of hydrogen-bond donors (Lipinski definition) is 3. The van der Waals surface area contributed by atoms with Crippen molar-refractivity contribution in [3.8, 4) is 0 Å². The molecule has 0 heterocycles. The van der Waals surface area contributed by atoms with Gasteiger partial charge in [0, 0.05) is 12.2 Å². The summed E-state index contributed by atoms with van der Waals surface area (Å²) in [7, 11) is 0. The molecule has 0 spiro atoms. The van der Waals surface area contributed by atoms with Crippen LogP contribution in [0.1, 0.15) is 66.4 Å². The maximum atomic E-state index is 12.3. The molecule has 0 bridgehead atoms. The highest BCUT2D eigenvalue weighted by atomic mass is 35.5. The summed E-state index contributed by atoms with van der Waals surface area (Å²) in [6, 6.07) is 18.1. The van der Waals surface area contributed by atoms with Gasteiger partial charge in [0.15, 0.2) is 0 Å². The van der Waals surface area contributed by atoms with E-state index in [1.807, 2.05) is 42.5 Å². The van der Waals surface area contributed by atoms with Crippen LogP contribution in [-0.2, 0) is 17.8 Å². The number of rotatable bonds is 13. The average Bonchev–Trinajstić information content (AvgIpc) is 3.54. The summed E-state index contributed by atoms with van der Waals surface area (Å²) in [5, 5.41) is 10.5. The molecular formula is C25H34ClN3O2. The smallest absolute Gasteiger partial charge is 0.252 e. The van der Waals surface area contributed by atoms with Gasteiger partial charge >= 0.3 is 0 Å². The number of nitrogens with two attached hydrogens (primary N) is 1. The molecule has 0 saturated heterocycles. The first kappa shape index (κ1) is 24.9. The van der Waals surface area contributed by atoms with Crippen molar-refractivity contribution in [2.75, 3.05) is 6.61 Å². The largest absolute Gasteiger partial charge is 0.386 e. The second-order valence-electron chi connectivity index (χ2n) is 8.20. The first-order chi connectivity index (χ1) is 14.6. The molecule has 31 heavy (non-hydrogen) atoms. The third-order valence-corrected chi connectivity index (χ3v) is 5.70. The fourth-order valence-corrected chi connectivity index (χ4v) is 3.53. The van der Waals surface area contributed by atoms with Crippen LogP contribution in [0.3, 0.4) is 0 Å². The maximum Gasteiger partial charge on any atom is 0.252 e. The molecule has 6 heteroatoms. The Morgan fingerprint density at radius 1 is 0.935 bits per heavy atom. The Kier molecular flexibility index (Phi) is 10.0. The zero-order valence-corrected chi connectivity index (χ0v) is 18.9. The van der Waals surface area contributed by atoms with Crippen molar-refractivity contribution in [1.29, 1.82) is 5.41 Å². The van der Waals surface area contributed by atoms with E-state index in [2.05, 4.69) is 17.4 Å². The highest BCUT2D eigenvalue weighted by Gasteiger charge is 2.47. The average molecular weight is 444 g/mol. The molecule has 5 nitrogen and oxygen atoms in total. The number of hydrogen-bond acceptors (Lipinski definition) is 3. The van der Waals surface area contributed by atoms with Crippen LogP contribution in [0, 0.1) is 5.41 Å². The van der Waals surface area contributed by atoms with E-state index in [0.29, 0.717) is 12.2 Å². The molecule has 1 aliphatic rings. The topological polar surface area (TPSA) is 88.2 Å². The van der Waals surface area contributed by atoms with Crippen LogP contribution in [0.2, 0.25) is 0 Å². The van der Waals surface area contributed by atoms with E-state index in [1.165, 1.54) is 30.4 Å². The summed E-state index contributed by atoms with van der Waals surface area (Å²) in [6.45, 7) is 1.52. The molecule has 2 aromatic rings. The number of carbonyl (C=O) groups excluding carboxylic acids is 1. The Morgan fingerprint density at radius 3 is 2.23 bits per heavy atom. The van der Waals surface area contributed by atoms with E-state index >= 15 is 0 Å². The van der Waals surface area contributed by atoms with Crippen molar-refractivity contribution in [2.45, 2.75) is 63.5 Å². The lowest BCUT2D eigenvalue weighted by molar-refractivity contribution is 0.0943. The quantitative estimate of drug-likeness (QED) is 0.231. The van der Waals surface area contributed by atoms with Gasteiger partial charge in [-0.3, -0.25) is 10.2 Å². The van der Waals surface area contributed by atoms with Crippen molar-refractivity contribution in [2.24, 2.45) is 5.73 Å². The van der Waals surface area contributed by atoms with Crippen molar-refractivity contribution in [1.82, 2.24) is 5.32 Å². The van der Waals surface area contributed by atoms with Crippen LogP contribution in [0.15, 0.2) is 54.6 Å². The van der Waals surface area contributed by atoms with Crippen LogP contribution in [-0.4, -0.2) is 23.9 Å². The van der Waals surface area contributed by atoms with Crippen LogP contribution >= 0.6 is 12.4 Å². The van der Waals surface area contributed by atoms with Crippen molar-refractivity contribution < 1.29 is 9.53 Å². The van der Waals surface area contributed by atoms with Gasteiger partial charge in [0.1, 0.15) is 5.84 Å². The second-order valence-corrected chi connectivity index (χ2v) is 8.20. The molecule has 168 valence electrons. The number of nitrogens with one attached hydrogen (secondary N) is 2. The molecule has 2 aromatic carbocycles. The summed E-state index contributed by atoms with van der Waals surface area (Å²) in [6.07, 6.45) is 8.44. The SMILES string of the molecule is Cl.N=C(N)C1(NC(=O)c2ccc(CCCCCCCOCc3ccccc3)cc2)CC1. The fourth-order valence-electron chi connectivity index (χ4n) is 3.53. The van der Waals surface area contributed by atoms with Gasteiger partial charge in [0.2, 0.25) is 0 Å². The van der Waals surface area contributed by atoms with Crippen LogP contribution < -0.4 is 11.1 Å². The molecule has 0 aromatic heterocycles. The van der Waals surface area contributed by atoms with E-state index in [-0.39, 0.29) is 24.1 Å². The number of carbonyl (C=O) groups is 1. The minimum atomic E-state index is -0.595. The molecule has 3 rings (SSSR count). The summed E-state index contributed by atoms with van der Waals surface area (Å²) in [4.78, 5) is 12.3. The second kappa shape index (κ2) is 12.5. The summed E-state index contributed by atoms with van der Waals surface area (Å²) in [5.41, 5.74) is 8.10. The van der Waals surface area contributed by atoms with Gasteiger partial charge in [-0.2, -0.15) is 0 Å². The number of ether oxygens (including phenoxy) is 1. The minimum Gasteiger partial charge on any atom is -0.386 e. The Balaban J connectivity index is 0.00000341. The van der Waals surface area contributed by atoms with Gasteiger partial charge in [-0.25, -0.2) is 0 Å². The van der Waals surface area contributed by atoms with Gasteiger partial charge in [0.05, 0.1) is 12.1 Å². The van der Waals surface area contributed by atoms with Crippen LogP contribution in [0.4, 0.5) is 0 Å². The third kappa shape index (κ3) is 8.00. The van der Waals surface area contributed by atoms with Crippen molar-refractivity contribution >= 4 is 24.1 Å². The summed E-state index contributed by atoms with van der Waals surface area (Å²) < 4.78 is 5.72. The van der Waals surface area contributed by atoms with E-state index in [0.717, 1.165) is 38.7 Å². The zero-order valence-electron chi connectivity index (χ0n) is 18.1. The lowest BCUT2D eigenvalue weighted by Gasteiger charge is -2.15. The first-order valence-electron chi connectivity index (χ1n) is 11.0. The maximum absolute atomic E-state index is 12.3. The summed E-state index contributed by atoms with van der Waals surface area (Å²) >= 11 is 0. The molecular weight excluding hydrogens is 410 g/mol. The molecule has 0 atom stereocenters. The molecule has 4 N–H and O–H groups in total. The molecule has 1 saturated carbocycles. The van der Waals surface area contributed by atoms with E-state index in [1.54, 1.807) is 0 Å². The third-order valence-electron chi connectivity index (χ3n) is 5.70. The van der Waals surface area contributed by atoms with E-state index in [4.69, 9.17) is 15.9 Å². The van der Waals surface area contributed by atoms with Crippen molar-refractivity contribution in [3.63, 3.8) is 0 Å². The van der Waals surface area contributed by atoms with Gasteiger partial charge in [-0.15, -0.1) is 12.4 Å². The van der Waals surface area contributed by atoms with E-state index < -0.39 is 5.54 Å². The van der Waals surface area contributed by atoms with Gasteiger partial charge in [-0.05, 0) is 55.4 Å². The highest BCUT2D eigenvalue weighted by Crippen LogP contribution is 2.35. The number of amides is 1. The van der Waals surface area contributed by atoms with Gasteiger partial charge < -0.3 is 15.8 Å². The molecule has 1 aliphatic carbocycles. The fraction of sp³-hybridized carbons (Fsp3) is 0.440. The Labute approximate surface area is 191 Å². The normalized spacial score (nSPS) is 13.8. The first-order valence-corrected chi connectivity index (χ1v) is 11.0. The molecule has 1 fully saturated rings.